The van der Waals surface area contributed by atoms with E-state index in [4.69, 9.17) is 0 Å². The van der Waals surface area contributed by atoms with Gasteiger partial charge in [-0.3, -0.25) is 0 Å². The quantitative estimate of drug-likeness (QED) is 0.804. The topological polar surface area (TPSA) is 35.5 Å². The molecule has 2 fully saturated rings. The first-order chi connectivity index (χ1) is 8.70. The van der Waals surface area contributed by atoms with Crippen molar-refractivity contribution in [1.82, 2.24) is 10.2 Å². The zero-order chi connectivity index (χ0) is 13.0. The molecule has 1 aliphatic carbocycles. The molecular formula is C15H30N2O. The van der Waals surface area contributed by atoms with E-state index >= 15 is 0 Å². The number of hydrogen-bond acceptors (Lipinski definition) is 3. The first kappa shape index (κ1) is 14.3. The molecule has 1 heterocycles. The monoisotopic (exact) mass is 254 g/mol. The number of aliphatic hydroxyl groups is 1. The van der Waals surface area contributed by atoms with Crippen LogP contribution in [0, 0.1) is 11.8 Å². The zero-order valence-corrected chi connectivity index (χ0v) is 12.1. The predicted molar refractivity (Wildman–Crippen MR) is 75.7 cm³/mol. The second-order valence-corrected chi connectivity index (χ2v) is 6.30. The number of hydrogen-bond donors (Lipinski definition) is 2. The van der Waals surface area contributed by atoms with Crippen molar-refractivity contribution in [3.8, 4) is 0 Å². The lowest BCUT2D eigenvalue weighted by molar-refractivity contribution is 0.0174. The van der Waals surface area contributed by atoms with Gasteiger partial charge in [0.15, 0.2) is 0 Å². The van der Waals surface area contributed by atoms with Crippen LogP contribution in [0.25, 0.3) is 0 Å². The Bertz CT molecular complexity index is 245. The predicted octanol–water partition coefficient (Wildman–Crippen LogP) is 1.86. The SMILES string of the molecule is CCNC1CCCCC1CN1CCC(C)C(O)C1. The van der Waals surface area contributed by atoms with Crippen LogP contribution in [0.4, 0.5) is 0 Å². The Labute approximate surface area is 112 Å². The summed E-state index contributed by atoms with van der Waals surface area (Å²) in [4.78, 5) is 2.49. The lowest BCUT2D eigenvalue weighted by Crippen LogP contribution is -2.49. The van der Waals surface area contributed by atoms with Gasteiger partial charge in [0.25, 0.3) is 0 Å². The van der Waals surface area contributed by atoms with Gasteiger partial charge in [-0.05, 0) is 44.2 Å². The van der Waals surface area contributed by atoms with Gasteiger partial charge in [0.05, 0.1) is 6.10 Å². The van der Waals surface area contributed by atoms with Crippen molar-refractivity contribution in [3.63, 3.8) is 0 Å². The fraction of sp³-hybridized carbons (Fsp3) is 1.00. The van der Waals surface area contributed by atoms with Crippen molar-refractivity contribution in [2.24, 2.45) is 11.8 Å². The second-order valence-electron chi connectivity index (χ2n) is 6.30. The van der Waals surface area contributed by atoms with E-state index in [-0.39, 0.29) is 6.10 Å². The van der Waals surface area contributed by atoms with Crippen LogP contribution in [0.15, 0.2) is 0 Å². The third-order valence-electron chi connectivity index (χ3n) is 4.87. The number of rotatable bonds is 4. The molecule has 0 radical (unpaired) electrons. The minimum Gasteiger partial charge on any atom is -0.392 e. The van der Waals surface area contributed by atoms with Crippen LogP contribution in [0.2, 0.25) is 0 Å². The molecule has 0 aromatic rings. The molecule has 1 saturated carbocycles. The molecule has 2 aliphatic rings. The van der Waals surface area contributed by atoms with Crippen LogP contribution in [-0.2, 0) is 0 Å². The van der Waals surface area contributed by atoms with Crippen LogP contribution in [0.1, 0.15) is 46.0 Å². The third-order valence-corrected chi connectivity index (χ3v) is 4.87. The van der Waals surface area contributed by atoms with Crippen LogP contribution in [0.3, 0.4) is 0 Å². The van der Waals surface area contributed by atoms with Gasteiger partial charge in [-0.1, -0.05) is 26.7 Å². The van der Waals surface area contributed by atoms with E-state index in [2.05, 4.69) is 24.1 Å². The van der Waals surface area contributed by atoms with Gasteiger partial charge in [-0.15, -0.1) is 0 Å². The smallest absolute Gasteiger partial charge is 0.0693 e. The number of piperidine rings is 1. The fourth-order valence-corrected chi connectivity index (χ4v) is 3.57. The standard InChI is InChI=1S/C15H30N2O/c1-3-16-14-7-5-4-6-13(14)10-17-9-8-12(2)15(18)11-17/h12-16,18H,3-11H2,1-2H3. The van der Waals surface area contributed by atoms with E-state index in [0.29, 0.717) is 12.0 Å². The molecule has 0 aromatic carbocycles. The zero-order valence-electron chi connectivity index (χ0n) is 12.1. The number of likely N-dealkylation sites (tertiary alicyclic amines) is 1. The summed E-state index contributed by atoms with van der Waals surface area (Å²) in [6, 6.07) is 0.709. The molecule has 4 atom stereocenters. The molecule has 1 aliphatic heterocycles. The summed E-state index contributed by atoms with van der Waals surface area (Å²) in [5.41, 5.74) is 0. The Morgan fingerprint density at radius 1 is 1.22 bits per heavy atom. The van der Waals surface area contributed by atoms with Gasteiger partial charge < -0.3 is 15.3 Å². The first-order valence-corrected chi connectivity index (χ1v) is 7.84. The highest BCUT2D eigenvalue weighted by Crippen LogP contribution is 2.27. The second kappa shape index (κ2) is 6.88. The molecule has 1 saturated heterocycles. The van der Waals surface area contributed by atoms with Crippen LogP contribution >= 0.6 is 0 Å². The minimum absolute atomic E-state index is 0.111. The van der Waals surface area contributed by atoms with Crippen molar-refractivity contribution in [2.45, 2.75) is 58.1 Å². The average Bonchev–Trinajstić information content (AvgIpc) is 2.37. The maximum atomic E-state index is 9.99. The summed E-state index contributed by atoms with van der Waals surface area (Å²) in [5.74, 6) is 1.27. The number of aliphatic hydroxyl groups excluding tert-OH is 1. The van der Waals surface area contributed by atoms with Crippen molar-refractivity contribution in [1.29, 1.82) is 0 Å². The van der Waals surface area contributed by atoms with Gasteiger partial charge in [-0.2, -0.15) is 0 Å². The van der Waals surface area contributed by atoms with E-state index in [9.17, 15) is 5.11 Å². The van der Waals surface area contributed by atoms with Crippen molar-refractivity contribution in [2.75, 3.05) is 26.2 Å². The lowest BCUT2D eigenvalue weighted by Gasteiger charge is -2.40. The highest BCUT2D eigenvalue weighted by Gasteiger charge is 2.30. The van der Waals surface area contributed by atoms with E-state index < -0.39 is 0 Å². The molecule has 106 valence electrons. The van der Waals surface area contributed by atoms with E-state index in [1.54, 1.807) is 0 Å². The molecule has 2 rings (SSSR count). The largest absolute Gasteiger partial charge is 0.392 e. The van der Waals surface area contributed by atoms with Crippen molar-refractivity contribution >= 4 is 0 Å². The molecule has 2 N–H and O–H groups in total. The maximum Gasteiger partial charge on any atom is 0.0693 e. The van der Waals surface area contributed by atoms with Crippen LogP contribution < -0.4 is 5.32 Å². The summed E-state index contributed by atoms with van der Waals surface area (Å²) < 4.78 is 0. The van der Waals surface area contributed by atoms with Gasteiger partial charge in [-0.25, -0.2) is 0 Å². The van der Waals surface area contributed by atoms with Crippen LogP contribution in [-0.4, -0.2) is 48.3 Å². The lowest BCUT2D eigenvalue weighted by atomic mass is 9.83. The summed E-state index contributed by atoms with van der Waals surface area (Å²) >= 11 is 0. The minimum atomic E-state index is -0.111. The highest BCUT2D eigenvalue weighted by atomic mass is 16.3. The third kappa shape index (κ3) is 3.69. The van der Waals surface area contributed by atoms with Crippen LogP contribution in [0.5, 0.6) is 0 Å². The Morgan fingerprint density at radius 2 is 2.00 bits per heavy atom. The van der Waals surface area contributed by atoms with E-state index in [1.807, 2.05) is 0 Å². The fourth-order valence-electron chi connectivity index (χ4n) is 3.57. The summed E-state index contributed by atoms with van der Waals surface area (Å²) in [6.45, 7) is 8.70. The first-order valence-electron chi connectivity index (χ1n) is 7.84. The van der Waals surface area contributed by atoms with Crippen molar-refractivity contribution < 1.29 is 5.11 Å². The molecule has 18 heavy (non-hydrogen) atoms. The molecule has 0 amide bonds. The van der Waals surface area contributed by atoms with E-state index in [0.717, 1.165) is 25.4 Å². The Morgan fingerprint density at radius 3 is 2.72 bits per heavy atom. The van der Waals surface area contributed by atoms with Gasteiger partial charge >= 0.3 is 0 Å². The average molecular weight is 254 g/mol. The molecule has 3 nitrogen and oxygen atoms in total. The maximum absolute atomic E-state index is 9.99. The van der Waals surface area contributed by atoms with Gasteiger partial charge in [0.1, 0.15) is 0 Å². The molecule has 3 heteroatoms. The highest BCUT2D eigenvalue weighted by molar-refractivity contribution is 4.85. The van der Waals surface area contributed by atoms with Gasteiger partial charge in [0, 0.05) is 19.1 Å². The molecule has 0 aromatic heterocycles. The summed E-state index contributed by atoms with van der Waals surface area (Å²) in [6.07, 6.45) is 6.51. The Kier molecular flexibility index (Phi) is 5.46. The van der Waals surface area contributed by atoms with E-state index in [1.165, 1.54) is 38.8 Å². The Balaban J connectivity index is 1.83. The molecule has 0 spiro atoms. The number of nitrogens with one attached hydrogen (secondary N) is 1. The molecular weight excluding hydrogens is 224 g/mol. The normalized spacial score (nSPS) is 38.8. The summed E-state index contributed by atoms with van der Waals surface area (Å²) in [5, 5.41) is 13.6. The van der Waals surface area contributed by atoms with Gasteiger partial charge in [0.2, 0.25) is 0 Å². The molecule has 0 bridgehead atoms. The molecule has 4 unspecified atom stereocenters. The summed E-state index contributed by atoms with van der Waals surface area (Å²) in [7, 11) is 0. The number of nitrogens with zero attached hydrogens (tertiary/aromatic N) is 1. The number of β-amino-alcohol motifs (C(OH)–C–C–N with tert-alkyl or cyclic N) is 1. The van der Waals surface area contributed by atoms with Crippen molar-refractivity contribution in [3.05, 3.63) is 0 Å². The Hall–Kier alpha value is -0.120.